The Morgan fingerprint density at radius 2 is 1.56 bits per heavy atom. The smallest absolute Gasteiger partial charge is 0.246 e. The molecule has 23 heteroatoms. The number of anilines is 2. The van der Waals surface area contributed by atoms with Gasteiger partial charge in [0.2, 0.25) is 29.6 Å². The summed E-state index contributed by atoms with van der Waals surface area (Å²) < 4.78 is 55.1. The van der Waals surface area contributed by atoms with E-state index in [2.05, 4.69) is 39.0 Å². The molecule has 2 saturated heterocycles. The van der Waals surface area contributed by atoms with Crippen LogP contribution in [0.3, 0.4) is 0 Å². The maximum Gasteiger partial charge on any atom is 0.246 e. The highest BCUT2D eigenvalue weighted by Crippen LogP contribution is 2.44. The number of phenolic OH excluding ortho intramolecular Hbond substituents is 1. The van der Waals surface area contributed by atoms with Crippen molar-refractivity contribution < 1.29 is 52.0 Å². The van der Waals surface area contributed by atoms with Crippen molar-refractivity contribution in [1.82, 2.24) is 40.3 Å². The number of nitrogens with one attached hydrogen (secondary N) is 3. The van der Waals surface area contributed by atoms with Gasteiger partial charge in [0.15, 0.2) is 5.82 Å². The molecule has 0 radical (unpaired) electrons. The highest BCUT2D eigenvalue weighted by molar-refractivity contribution is 7.10. The van der Waals surface area contributed by atoms with Crippen LogP contribution in [0.25, 0.3) is 44.1 Å². The van der Waals surface area contributed by atoms with Crippen LogP contribution in [0.5, 0.6) is 11.5 Å². The fourth-order valence-electron chi connectivity index (χ4n) is 11.2. The van der Waals surface area contributed by atoms with Gasteiger partial charge in [0, 0.05) is 86.6 Å². The third-order valence-corrected chi connectivity index (χ3v) is 17.3. The topological polar surface area (TPSA) is 213 Å². The molecule has 3 atom stereocenters. The molecule has 4 aromatic carbocycles. The number of likely N-dealkylation sites (tertiary alicyclic amines) is 1. The Kier molecular flexibility index (Phi) is 21.9. The zero-order valence-corrected chi connectivity index (χ0v) is 50.0. The molecule has 1 aliphatic carbocycles. The van der Waals surface area contributed by atoms with Crippen molar-refractivity contribution in [2.24, 2.45) is 5.92 Å². The Hall–Kier alpha value is -7.08. The summed E-state index contributed by atoms with van der Waals surface area (Å²) in [6, 6.07) is 16.0. The Labute approximate surface area is 503 Å². The molecule has 3 aliphatic rings. The summed E-state index contributed by atoms with van der Waals surface area (Å²) in [6.07, 6.45) is 8.15. The first-order valence-electron chi connectivity index (χ1n) is 29.2. The normalized spacial score (nSPS) is 16.4. The van der Waals surface area contributed by atoms with Crippen LogP contribution in [-0.4, -0.2) is 177 Å². The molecule has 0 spiro atoms. The van der Waals surface area contributed by atoms with Crippen LogP contribution in [-0.2, 0) is 33.4 Å². The SMILES string of the molecule is C=CC(=O)N1CCN(c2nc(NCCC(=O)N(C)CCOCCOCCOCCOc3ccc(-c4csc([C@@H]5CCCN5C(=O)[C@@H](NC(=O)[C@H](C)NC)C5CCCCC5)n4)c4ccccc34)nc3c(F)c(-c4c(O)cccc4F)c(Cl)cc23)CC1. The van der Waals surface area contributed by atoms with Crippen molar-refractivity contribution in [3.05, 3.63) is 100 Å². The number of carbonyl (C=O) groups is 4. The zero-order chi connectivity index (χ0) is 60.0. The summed E-state index contributed by atoms with van der Waals surface area (Å²) in [5.74, 6) is -1.70. The highest BCUT2D eigenvalue weighted by Gasteiger charge is 2.40. The lowest BCUT2D eigenvalue weighted by Crippen LogP contribution is -2.55. The highest BCUT2D eigenvalue weighted by atomic mass is 35.5. The molecule has 1 saturated carbocycles. The first-order chi connectivity index (χ1) is 41.3. The van der Waals surface area contributed by atoms with E-state index in [1.807, 2.05) is 47.1 Å². The predicted octanol–water partition coefficient (Wildman–Crippen LogP) is 8.77. The largest absolute Gasteiger partial charge is 0.507 e. The van der Waals surface area contributed by atoms with Gasteiger partial charge in [-0.1, -0.05) is 67.8 Å². The molecule has 2 aliphatic heterocycles. The second kappa shape index (κ2) is 29.8. The Balaban J connectivity index is 0.687. The monoisotopic (exact) mass is 1210 g/mol. The van der Waals surface area contributed by atoms with Gasteiger partial charge in [0.25, 0.3) is 0 Å². The number of piperazine rings is 1. The summed E-state index contributed by atoms with van der Waals surface area (Å²) in [5.41, 5.74) is 0.882. The molecule has 454 valence electrons. The number of hydrogen-bond acceptors (Lipinski definition) is 16. The minimum Gasteiger partial charge on any atom is -0.507 e. The maximum absolute atomic E-state index is 16.5. The van der Waals surface area contributed by atoms with Gasteiger partial charge >= 0.3 is 0 Å². The molecule has 4 amide bonds. The Morgan fingerprint density at radius 3 is 2.28 bits per heavy atom. The van der Waals surface area contributed by atoms with E-state index in [0.29, 0.717) is 84.7 Å². The van der Waals surface area contributed by atoms with Crippen LogP contribution in [0.1, 0.15) is 69.3 Å². The average molecular weight is 1210 g/mol. The van der Waals surface area contributed by atoms with Crippen molar-refractivity contribution in [3.8, 4) is 33.9 Å². The summed E-state index contributed by atoms with van der Waals surface area (Å²) in [7, 11) is 3.42. The van der Waals surface area contributed by atoms with Crippen LogP contribution in [0, 0.1) is 17.6 Å². The average Bonchev–Trinajstić information content (AvgIpc) is 4.20. The van der Waals surface area contributed by atoms with E-state index in [-0.39, 0.29) is 82.6 Å². The third-order valence-electron chi connectivity index (χ3n) is 16.0. The van der Waals surface area contributed by atoms with Gasteiger partial charge in [-0.05, 0) is 87.4 Å². The van der Waals surface area contributed by atoms with Crippen molar-refractivity contribution in [2.75, 3.05) is 116 Å². The molecule has 4 N–H and O–H groups in total. The lowest BCUT2D eigenvalue weighted by Gasteiger charge is -2.35. The van der Waals surface area contributed by atoms with E-state index in [9.17, 15) is 24.3 Å². The number of fused-ring (bicyclic) bond motifs is 2. The van der Waals surface area contributed by atoms with Gasteiger partial charge < -0.3 is 59.6 Å². The number of ether oxygens (including phenoxy) is 4. The minimum absolute atomic E-state index is 0.00559. The molecular weight excluding hydrogens is 1130 g/mol. The van der Waals surface area contributed by atoms with Crippen molar-refractivity contribution in [2.45, 2.75) is 76.4 Å². The predicted molar refractivity (Wildman–Crippen MR) is 325 cm³/mol. The quantitative estimate of drug-likeness (QED) is 0.0280. The van der Waals surface area contributed by atoms with Crippen molar-refractivity contribution in [1.29, 1.82) is 0 Å². The van der Waals surface area contributed by atoms with E-state index < -0.39 is 35.0 Å². The Bertz CT molecular complexity index is 3310. The number of nitrogens with zero attached hydrogens (tertiary/aromatic N) is 7. The number of hydrogen-bond donors (Lipinski definition) is 4. The van der Waals surface area contributed by atoms with Gasteiger partial charge in [-0.2, -0.15) is 4.98 Å². The van der Waals surface area contributed by atoms with Gasteiger partial charge in [-0.3, -0.25) is 19.2 Å². The lowest BCUT2D eigenvalue weighted by atomic mass is 9.83. The number of halogens is 3. The number of amides is 4. The van der Waals surface area contributed by atoms with E-state index in [1.54, 1.807) is 30.3 Å². The van der Waals surface area contributed by atoms with Crippen LogP contribution < -0.4 is 25.6 Å². The fourth-order valence-corrected chi connectivity index (χ4v) is 12.5. The van der Waals surface area contributed by atoms with E-state index >= 15 is 8.78 Å². The molecule has 2 aromatic heterocycles. The van der Waals surface area contributed by atoms with Crippen LogP contribution in [0.15, 0.2) is 78.7 Å². The molecule has 4 heterocycles. The molecule has 0 bridgehead atoms. The first kappa shape index (κ1) is 62.5. The summed E-state index contributed by atoms with van der Waals surface area (Å²) in [5, 5.41) is 24.7. The lowest BCUT2D eigenvalue weighted by molar-refractivity contribution is -0.139. The van der Waals surface area contributed by atoms with E-state index in [4.69, 9.17) is 40.5 Å². The number of benzene rings is 4. The van der Waals surface area contributed by atoms with Crippen LogP contribution >= 0.6 is 22.9 Å². The van der Waals surface area contributed by atoms with Gasteiger partial charge in [-0.25, -0.2) is 18.7 Å². The summed E-state index contributed by atoms with van der Waals surface area (Å²) in [6.45, 7) is 10.2. The number of aromatic hydroxyl groups is 1. The minimum atomic E-state index is -0.962. The van der Waals surface area contributed by atoms with Gasteiger partial charge in [0.05, 0.1) is 68.0 Å². The molecular formula is C62H75ClF2N10O9S. The standard InChI is InChI=1S/C62H75ClF2N10O9S/c1-5-51(77)73-25-27-74(28-26-73)58-44-37-45(63)53(54-46(64)17-11-19-49(54)76)55(65)57(44)70-62(71-58)67-23-22-52(78)72(4)29-30-81-31-32-82-33-34-83-35-36-84-50-21-20-42(41-15-9-10-16-43(41)50)47-38-85-60(68-47)48-18-12-24-75(48)61(80)56(40-13-7-6-8-14-40)69-59(79)39(2)66-3/h5,9-11,15-17,19-21,37-40,48,56,66,76H,1,6-8,12-14,18,22-36H2,2-4H3,(H,69,79)(H,67,70,71)/t39-,48-,56-/m0/s1. The van der Waals surface area contributed by atoms with Crippen LogP contribution in [0.4, 0.5) is 20.5 Å². The number of likely N-dealkylation sites (N-methyl/N-ethyl adjacent to an activating group) is 2. The number of phenols is 1. The second-order valence-corrected chi connectivity index (χ2v) is 22.8. The molecule has 85 heavy (non-hydrogen) atoms. The number of rotatable bonds is 27. The Morgan fingerprint density at radius 1 is 0.847 bits per heavy atom. The van der Waals surface area contributed by atoms with E-state index in [0.717, 1.165) is 83.8 Å². The first-order valence-corrected chi connectivity index (χ1v) is 30.4. The number of aromatic nitrogens is 3. The zero-order valence-electron chi connectivity index (χ0n) is 48.4. The van der Waals surface area contributed by atoms with Crippen LogP contribution in [0.2, 0.25) is 5.02 Å². The molecule has 9 rings (SSSR count). The van der Waals surface area contributed by atoms with Gasteiger partial charge in [-0.15, -0.1) is 11.3 Å². The second-order valence-electron chi connectivity index (χ2n) is 21.5. The summed E-state index contributed by atoms with van der Waals surface area (Å²) >= 11 is 8.17. The molecule has 6 aromatic rings. The van der Waals surface area contributed by atoms with Crippen molar-refractivity contribution >= 4 is 80.0 Å². The van der Waals surface area contributed by atoms with Crippen molar-refractivity contribution in [3.63, 3.8) is 0 Å². The van der Waals surface area contributed by atoms with Gasteiger partial charge in [0.1, 0.15) is 46.3 Å². The number of thiazole rings is 1. The maximum atomic E-state index is 16.5. The number of carbonyl (C=O) groups excluding carboxylic acids is 4. The fraction of sp³-hybridized carbons (Fsp3) is 0.468. The molecule has 19 nitrogen and oxygen atoms in total. The summed E-state index contributed by atoms with van der Waals surface area (Å²) in [4.78, 5) is 74.2. The third kappa shape index (κ3) is 15.1. The molecule has 0 unspecified atom stereocenters. The molecule has 3 fully saturated rings. The van der Waals surface area contributed by atoms with E-state index in [1.165, 1.54) is 29.2 Å².